The number of nitrogens with zero attached hydrogens (tertiary/aromatic N) is 3. The monoisotopic (exact) mass is 357 g/mol. The SMILES string of the molecule is C=C/C=C\C=C\P(c1ccccc1)N(c1ccccn1)c1ccccn1. The van der Waals surface area contributed by atoms with Gasteiger partial charge in [0.1, 0.15) is 11.6 Å². The molecule has 3 rings (SSSR count). The first kappa shape index (κ1) is 17.8. The summed E-state index contributed by atoms with van der Waals surface area (Å²) in [5.41, 5.74) is 0. The van der Waals surface area contributed by atoms with Crippen molar-refractivity contribution < 1.29 is 0 Å². The minimum atomic E-state index is -0.846. The molecule has 0 aliphatic heterocycles. The molecule has 128 valence electrons. The van der Waals surface area contributed by atoms with E-state index in [1.165, 1.54) is 5.30 Å². The van der Waals surface area contributed by atoms with Crippen molar-refractivity contribution in [3.63, 3.8) is 0 Å². The average Bonchev–Trinajstić information content (AvgIpc) is 2.72. The van der Waals surface area contributed by atoms with Crippen LogP contribution in [0.15, 0.2) is 116 Å². The fraction of sp³-hybridized carbons (Fsp3) is 0. The van der Waals surface area contributed by atoms with Gasteiger partial charge in [0, 0.05) is 17.7 Å². The van der Waals surface area contributed by atoms with Gasteiger partial charge in [0.25, 0.3) is 0 Å². The Hall–Kier alpha value is -3.03. The minimum absolute atomic E-state index is 0.846. The van der Waals surface area contributed by atoms with Gasteiger partial charge in [-0.3, -0.25) is 4.67 Å². The number of hydrogen-bond donors (Lipinski definition) is 0. The largest absolute Gasteiger partial charge is 0.281 e. The summed E-state index contributed by atoms with van der Waals surface area (Å²) in [4.78, 5) is 9.16. The normalized spacial score (nSPS) is 12.3. The highest BCUT2D eigenvalue weighted by atomic mass is 31.1. The van der Waals surface area contributed by atoms with Gasteiger partial charge < -0.3 is 0 Å². The number of aromatic nitrogens is 2. The Balaban J connectivity index is 2.10. The second-order valence-electron chi connectivity index (χ2n) is 5.33. The highest BCUT2D eigenvalue weighted by Crippen LogP contribution is 2.48. The minimum Gasteiger partial charge on any atom is -0.281 e. The van der Waals surface area contributed by atoms with Crippen molar-refractivity contribution in [2.45, 2.75) is 0 Å². The molecule has 0 saturated heterocycles. The molecule has 0 aliphatic carbocycles. The van der Waals surface area contributed by atoms with Crippen LogP contribution in [0.5, 0.6) is 0 Å². The molecule has 2 aromatic heterocycles. The number of benzene rings is 1. The zero-order chi connectivity index (χ0) is 18.0. The Morgan fingerprint density at radius 3 is 1.88 bits per heavy atom. The Bertz CT molecular complexity index is 822. The standard InChI is InChI=1S/C22H20N3P/c1-2-3-4-12-19-26(20-13-6-5-7-14-20)25(21-15-8-10-17-23-21)22-16-9-11-18-24-22/h2-19H,1H2/b4-3-,19-12+. The van der Waals surface area contributed by atoms with Crippen LogP contribution in [-0.2, 0) is 0 Å². The van der Waals surface area contributed by atoms with Gasteiger partial charge in [-0.05, 0) is 30.1 Å². The average molecular weight is 357 g/mol. The van der Waals surface area contributed by atoms with Crippen molar-refractivity contribution in [3.05, 3.63) is 116 Å². The number of pyridine rings is 2. The zero-order valence-corrected chi connectivity index (χ0v) is 15.3. The van der Waals surface area contributed by atoms with E-state index in [0.29, 0.717) is 0 Å². The Morgan fingerprint density at radius 1 is 0.731 bits per heavy atom. The maximum atomic E-state index is 4.58. The van der Waals surface area contributed by atoms with Crippen LogP contribution in [0.2, 0.25) is 0 Å². The third kappa shape index (κ3) is 4.53. The summed E-state index contributed by atoms with van der Waals surface area (Å²) in [6, 6.07) is 22.3. The van der Waals surface area contributed by atoms with E-state index in [0.717, 1.165) is 11.6 Å². The van der Waals surface area contributed by atoms with Crippen molar-refractivity contribution >= 4 is 25.0 Å². The molecule has 0 amide bonds. The van der Waals surface area contributed by atoms with Crippen molar-refractivity contribution in [2.75, 3.05) is 4.67 Å². The van der Waals surface area contributed by atoms with Crippen molar-refractivity contribution in [2.24, 2.45) is 0 Å². The maximum Gasteiger partial charge on any atom is 0.137 e. The van der Waals surface area contributed by atoms with Gasteiger partial charge in [-0.15, -0.1) is 0 Å². The van der Waals surface area contributed by atoms with Crippen LogP contribution < -0.4 is 9.97 Å². The highest BCUT2D eigenvalue weighted by molar-refractivity contribution is 7.70. The quantitative estimate of drug-likeness (QED) is 0.407. The summed E-state index contributed by atoms with van der Waals surface area (Å²) in [6.45, 7) is 3.72. The molecule has 0 radical (unpaired) electrons. The Labute approximate surface area is 155 Å². The molecule has 3 aromatic rings. The summed E-state index contributed by atoms with van der Waals surface area (Å²) in [6.07, 6.45) is 11.3. The van der Waals surface area contributed by atoms with E-state index in [4.69, 9.17) is 0 Å². The summed E-state index contributed by atoms with van der Waals surface area (Å²) in [5, 5.41) is 1.22. The van der Waals surface area contributed by atoms with E-state index >= 15 is 0 Å². The third-order valence-corrected chi connectivity index (χ3v) is 5.68. The topological polar surface area (TPSA) is 29.0 Å². The second-order valence-corrected chi connectivity index (χ2v) is 7.23. The van der Waals surface area contributed by atoms with Gasteiger partial charge in [0.15, 0.2) is 0 Å². The number of allylic oxidation sites excluding steroid dienone is 4. The molecular weight excluding hydrogens is 337 g/mol. The fourth-order valence-corrected chi connectivity index (χ4v) is 4.37. The van der Waals surface area contributed by atoms with Crippen LogP contribution in [0.3, 0.4) is 0 Å². The predicted octanol–water partition coefficient (Wildman–Crippen LogP) is 5.59. The van der Waals surface area contributed by atoms with Crippen LogP contribution >= 0.6 is 8.07 Å². The number of hydrogen-bond acceptors (Lipinski definition) is 3. The van der Waals surface area contributed by atoms with Crippen LogP contribution in [0.4, 0.5) is 11.6 Å². The molecule has 0 aliphatic rings. The van der Waals surface area contributed by atoms with E-state index in [2.05, 4.69) is 57.4 Å². The highest BCUT2D eigenvalue weighted by Gasteiger charge is 2.22. The molecule has 2 heterocycles. The summed E-state index contributed by atoms with van der Waals surface area (Å²) in [7, 11) is -0.846. The zero-order valence-electron chi connectivity index (χ0n) is 14.4. The molecule has 0 saturated carbocycles. The van der Waals surface area contributed by atoms with Gasteiger partial charge in [0.05, 0.1) is 8.07 Å². The predicted molar refractivity (Wildman–Crippen MR) is 112 cm³/mol. The number of anilines is 2. The van der Waals surface area contributed by atoms with Gasteiger partial charge in [-0.25, -0.2) is 9.97 Å². The van der Waals surface area contributed by atoms with E-state index in [-0.39, 0.29) is 0 Å². The lowest BCUT2D eigenvalue weighted by molar-refractivity contribution is 1.19. The lowest BCUT2D eigenvalue weighted by atomic mass is 10.4. The molecule has 0 fully saturated rings. The lowest BCUT2D eigenvalue weighted by Gasteiger charge is -2.30. The molecule has 0 N–H and O–H groups in total. The first-order valence-corrected chi connectivity index (χ1v) is 9.69. The van der Waals surface area contributed by atoms with Gasteiger partial charge >= 0.3 is 0 Å². The van der Waals surface area contributed by atoms with Crippen LogP contribution in [0.1, 0.15) is 0 Å². The lowest BCUT2D eigenvalue weighted by Crippen LogP contribution is -2.18. The number of rotatable bonds is 7. The van der Waals surface area contributed by atoms with E-state index in [9.17, 15) is 0 Å². The fourth-order valence-electron chi connectivity index (χ4n) is 2.42. The van der Waals surface area contributed by atoms with Gasteiger partial charge in [0.2, 0.25) is 0 Å². The molecule has 1 atom stereocenters. The molecule has 26 heavy (non-hydrogen) atoms. The first-order valence-electron chi connectivity index (χ1n) is 8.32. The molecule has 3 nitrogen and oxygen atoms in total. The van der Waals surface area contributed by atoms with Gasteiger partial charge in [-0.1, -0.05) is 73.3 Å². The summed E-state index contributed by atoms with van der Waals surface area (Å²) >= 11 is 0. The molecule has 1 aromatic carbocycles. The summed E-state index contributed by atoms with van der Waals surface area (Å²) in [5.74, 6) is 3.95. The Morgan fingerprint density at radius 2 is 1.35 bits per heavy atom. The second kappa shape index (κ2) is 9.45. The van der Waals surface area contributed by atoms with Crippen LogP contribution in [0, 0.1) is 0 Å². The van der Waals surface area contributed by atoms with Crippen molar-refractivity contribution in [1.29, 1.82) is 0 Å². The summed E-state index contributed by atoms with van der Waals surface area (Å²) < 4.78 is 2.20. The molecular formula is C22H20N3P. The third-order valence-electron chi connectivity index (χ3n) is 3.55. The smallest absolute Gasteiger partial charge is 0.137 e. The van der Waals surface area contributed by atoms with E-state index < -0.39 is 8.07 Å². The van der Waals surface area contributed by atoms with E-state index in [1.807, 2.05) is 67.0 Å². The van der Waals surface area contributed by atoms with Crippen LogP contribution in [-0.4, -0.2) is 9.97 Å². The van der Waals surface area contributed by atoms with Crippen molar-refractivity contribution in [1.82, 2.24) is 9.97 Å². The molecule has 0 spiro atoms. The first-order chi connectivity index (χ1) is 12.9. The maximum absolute atomic E-state index is 4.58. The molecule has 1 unspecified atom stereocenters. The Kier molecular flexibility index (Phi) is 6.46. The van der Waals surface area contributed by atoms with E-state index in [1.54, 1.807) is 6.08 Å². The van der Waals surface area contributed by atoms with Crippen LogP contribution in [0.25, 0.3) is 0 Å². The molecule has 4 heteroatoms. The van der Waals surface area contributed by atoms with Crippen molar-refractivity contribution in [3.8, 4) is 0 Å². The van der Waals surface area contributed by atoms with Gasteiger partial charge in [-0.2, -0.15) is 0 Å². The molecule has 0 bridgehead atoms.